The molecule has 0 aliphatic rings. The van der Waals surface area contributed by atoms with E-state index in [1.807, 2.05) is 48.5 Å². The molecular weight excluding hydrogens is 700 g/mol. The van der Waals surface area contributed by atoms with Crippen LogP contribution in [0.25, 0.3) is 0 Å². The molecule has 192 valence electrons. The largest absolute Gasteiger partial charge is 0.448 e. The number of esters is 1. The normalized spacial score (nSPS) is 19.3. The molecule has 0 rings (SSSR count). The van der Waals surface area contributed by atoms with Crippen LogP contribution in [0.3, 0.4) is 0 Å². The van der Waals surface area contributed by atoms with Gasteiger partial charge in [-0.05, 0) is 56.9 Å². The Bertz CT molecular complexity index is 605. The van der Waals surface area contributed by atoms with Crippen LogP contribution < -0.4 is 0 Å². The second kappa shape index (κ2) is 17.7. The molecule has 0 aromatic carbocycles. The molecule has 19 heteroatoms. The van der Waals surface area contributed by atoms with E-state index >= 15 is 0 Å². The van der Waals surface area contributed by atoms with E-state index in [0.29, 0.717) is 22.0 Å². The summed E-state index contributed by atoms with van der Waals surface area (Å²) >= 11 is 0. The van der Waals surface area contributed by atoms with Gasteiger partial charge in [0.25, 0.3) is 0 Å². The lowest BCUT2D eigenvalue weighted by atomic mass is 9.92. The molecule has 0 spiro atoms. The fourth-order valence-electron chi connectivity index (χ4n) is 1.85. The Labute approximate surface area is 227 Å². The number of carbonyl (C=O) groups is 2. The molecule has 0 aliphatic heterocycles. The minimum absolute atomic E-state index is 0.120. The van der Waals surface area contributed by atoms with Gasteiger partial charge in [0.1, 0.15) is 4.64 Å². The smallest absolute Gasteiger partial charge is 0.312 e. The van der Waals surface area contributed by atoms with E-state index in [0.717, 1.165) is 7.96 Å². The summed E-state index contributed by atoms with van der Waals surface area (Å²) in [6.45, 7) is 13.8. The third-order valence-corrected chi connectivity index (χ3v) is 49.8. The maximum atomic E-state index is 12.7. The van der Waals surface area contributed by atoms with Crippen molar-refractivity contribution in [3.63, 3.8) is 0 Å². The summed E-state index contributed by atoms with van der Waals surface area (Å²) in [4.78, 5) is 24.7. The maximum absolute atomic E-state index is 12.7. The molecule has 0 heterocycles. The summed E-state index contributed by atoms with van der Waals surface area (Å²) in [5, 5.41) is -0.352. The monoisotopic (exact) mass is 742 g/mol. The van der Waals surface area contributed by atoms with Crippen LogP contribution in [0.15, 0.2) is 0 Å². The molecule has 0 N–H and O–H groups in total. The van der Waals surface area contributed by atoms with Crippen molar-refractivity contribution >= 4 is 145 Å². The van der Waals surface area contributed by atoms with Crippen LogP contribution in [0.2, 0.25) is 0 Å². The van der Waals surface area contributed by atoms with Crippen LogP contribution in [0.4, 0.5) is 0 Å². The molecule has 32 heavy (non-hydrogen) atoms. The van der Waals surface area contributed by atoms with Crippen LogP contribution in [0, 0.1) is 10.8 Å². The Morgan fingerprint density at radius 1 is 0.688 bits per heavy atom. The van der Waals surface area contributed by atoms with Crippen LogP contribution in [0.5, 0.6) is 0 Å². The molecule has 0 radical (unpaired) electrons. The SMILES string of the molecule is CC(C)(C)C(=O)C(PP)(P(P)P)P(P)PP.CC(C)(C)C(=O)OC(C)(P(P)P)P(P)PP. The van der Waals surface area contributed by atoms with Gasteiger partial charge in [-0.1, -0.05) is 45.0 Å². The number of rotatable bonds is 9. The predicted octanol–water partition coefficient (Wildman–Crippen LogP) is 10.4. The first kappa shape index (κ1) is 40.2. The highest BCUT2D eigenvalue weighted by atomic mass is 32.6. The van der Waals surface area contributed by atoms with Gasteiger partial charge in [-0.2, -0.15) is 0 Å². The molecule has 16 unspecified atom stereocenters. The quantitative estimate of drug-likeness (QED) is 0.175. The molecule has 16 atom stereocenters. The number of hydrogen-bond acceptors (Lipinski definition) is 3. The van der Waals surface area contributed by atoms with Crippen molar-refractivity contribution in [1.29, 1.82) is 0 Å². The Balaban J connectivity index is 0. The summed E-state index contributed by atoms with van der Waals surface area (Å²) < 4.78 is 5.62. The average Bonchev–Trinajstić information content (AvgIpc) is 2.66. The van der Waals surface area contributed by atoms with Gasteiger partial charge in [-0.3, -0.25) is 9.59 Å². The standard InChI is InChI=1S/C7H21O2P7.C6H21OP9/c1-6(2,3)5(8)9-7(4,15(11)12)16(13)14-10;1-5(2,3)4(7)6(13-8,15(10)11)16(12)14-9/h14H,10-13H2,1-4H3;13-14H,8-12H2,1-3H3. The predicted molar refractivity (Wildman–Crippen MR) is 201 cm³/mol. The van der Waals surface area contributed by atoms with E-state index in [2.05, 4.69) is 80.4 Å². The van der Waals surface area contributed by atoms with Crippen molar-refractivity contribution in [2.45, 2.75) is 58.2 Å². The van der Waals surface area contributed by atoms with E-state index in [9.17, 15) is 9.59 Å². The Hall–Kier alpha value is 6.02. The second-order valence-corrected chi connectivity index (χ2v) is 44.4. The first-order valence-electron chi connectivity index (χ1n) is 9.07. The molecule has 0 bridgehead atoms. The molecule has 0 amide bonds. The highest BCUT2D eigenvalue weighted by molar-refractivity contribution is 8.67. The third-order valence-electron chi connectivity index (χ3n) is 4.02. The number of hydrogen-bond donors (Lipinski definition) is 0. The topological polar surface area (TPSA) is 43.4 Å². The van der Waals surface area contributed by atoms with Crippen LogP contribution >= 0.6 is 134 Å². The Morgan fingerprint density at radius 2 is 1.09 bits per heavy atom. The number of carbonyl (C=O) groups excluding carboxylic acids is 2. The van der Waals surface area contributed by atoms with E-state index in [1.165, 1.54) is 0 Å². The summed E-state index contributed by atoms with van der Waals surface area (Å²) in [5.41, 5.74) is -0.689. The Kier molecular flexibility index (Phi) is 22.3. The van der Waals surface area contributed by atoms with Gasteiger partial charge < -0.3 is 4.74 Å². The fourth-order valence-corrected chi connectivity index (χ4v) is 48.0. The van der Waals surface area contributed by atoms with Gasteiger partial charge in [0.05, 0.1) is 5.41 Å². The van der Waals surface area contributed by atoms with Gasteiger partial charge in [-0.15, -0.1) is 80.4 Å². The first-order chi connectivity index (χ1) is 14.2. The van der Waals surface area contributed by atoms with Crippen LogP contribution in [-0.4, -0.2) is 21.5 Å². The molecule has 3 nitrogen and oxygen atoms in total. The fraction of sp³-hybridized carbons (Fsp3) is 0.846. The van der Waals surface area contributed by atoms with Gasteiger partial charge >= 0.3 is 5.97 Å². The van der Waals surface area contributed by atoms with Crippen LogP contribution in [0.1, 0.15) is 48.5 Å². The van der Waals surface area contributed by atoms with Crippen molar-refractivity contribution in [2.24, 2.45) is 10.8 Å². The minimum Gasteiger partial charge on any atom is -0.448 e. The summed E-state index contributed by atoms with van der Waals surface area (Å²) in [7, 11) is 25.9. The number of ketones is 1. The highest BCUT2D eigenvalue weighted by Crippen LogP contribution is 2.91. The van der Waals surface area contributed by atoms with E-state index in [1.54, 1.807) is 0 Å². The van der Waals surface area contributed by atoms with Crippen LogP contribution in [-0.2, 0) is 14.3 Å². The molecule has 0 aliphatic carbocycles. The summed E-state index contributed by atoms with van der Waals surface area (Å²) in [6.07, 6.45) is 0. The minimum atomic E-state index is -0.479. The van der Waals surface area contributed by atoms with Crippen molar-refractivity contribution < 1.29 is 14.3 Å². The zero-order chi connectivity index (χ0) is 26.3. The zero-order valence-corrected chi connectivity index (χ0v) is 36.7. The van der Waals surface area contributed by atoms with E-state index in [-0.39, 0.29) is 28.4 Å². The lowest BCUT2D eigenvalue weighted by molar-refractivity contribution is -0.155. The molecule has 0 fully saturated rings. The van der Waals surface area contributed by atoms with Gasteiger partial charge in [0.2, 0.25) is 0 Å². The summed E-state index contributed by atoms with van der Waals surface area (Å²) in [5.74, 6) is 0.297. The van der Waals surface area contributed by atoms with E-state index in [4.69, 9.17) is 4.74 Å². The van der Waals surface area contributed by atoms with Gasteiger partial charge in [0.15, 0.2) is 10.9 Å². The number of Topliss-reactive ketones (excluding diaryl/α,β-unsaturated/α-hetero) is 1. The highest BCUT2D eigenvalue weighted by Gasteiger charge is 2.49. The van der Waals surface area contributed by atoms with Crippen molar-refractivity contribution in [2.75, 3.05) is 0 Å². The van der Waals surface area contributed by atoms with Crippen molar-refractivity contribution in [1.82, 2.24) is 0 Å². The lowest BCUT2D eigenvalue weighted by Gasteiger charge is -2.43. The third kappa shape index (κ3) is 12.3. The number of ether oxygens (including phenoxy) is 1. The molecule has 0 aromatic rings. The average molecular weight is 742 g/mol. The lowest BCUT2D eigenvalue weighted by Crippen LogP contribution is -2.35. The second-order valence-electron chi connectivity index (χ2n) is 8.78. The molecular formula is C13H42O3P16. The molecule has 0 saturated heterocycles. The van der Waals surface area contributed by atoms with Gasteiger partial charge in [-0.25, -0.2) is 0 Å². The molecule has 0 saturated carbocycles. The van der Waals surface area contributed by atoms with Crippen molar-refractivity contribution in [3.8, 4) is 0 Å². The molecule has 0 aromatic heterocycles. The first-order valence-corrected chi connectivity index (χ1v) is 34.3. The van der Waals surface area contributed by atoms with Crippen molar-refractivity contribution in [3.05, 3.63) is 0 Å². The maximum Gasteiger partial charge on any atom is 0.312 e. The zero-order valence-electron chi connectivity index (χ0n) is 19.7. The summed E-state index contributed by atoms with van der Waals surface area (Å²) in [6, 6.07) is 0. The Morgan fingerprint density at radius 3 is 1.31 bits per heavy atom. The van der Waals surface area contributed by atoms with Gasteiger partial charge in [0, 0.05) is 5.41 Å². The van der Waals surface area contributed by atoms with E-state index < -0.39 is 27.3 Å².